The molecule has 0 spiro atoms. The average molecular weight is 264 g/mol. The first-order chi connectivity index (χ1) is 9.18. The number of rotatable bonds is 5. The Balaban J connectivity index is 1.88. The van der Waals surface area contributed by atoms with Gasteiger partial charge in [-0.05, 0) is 18.4 Å². The molecule has 0 aliphatic heterocycles. The lowest BCUT2D eigenvalue weighted by Gasteiger charge is -2.21. The van der Waals surface area contributed by atoms with Crippen molar-refractivity contribution in [3.8, 4) is 5.75 Å². The van der Waals surface area contributed by atoms with Crippen LogP contribution in [0.1, 0.15) is 38.5 Å². The van der Waals surface area contributed by atoms with Crippen molar-refractivity contribution in [3.05, 3.63) is 28.3 Å². The number of nitro groups is 1. The zero-order valence-electron chi connectivity index (χ0n) is 11.0. The second-order valence-corrected chi connectivity index (χ2v) is 5.09. The highest BCUT2D eigenvalue weighted by Gasteiger charge is 2.16. The molecule has 1 aliphatic rings. The van der Waals surface area contributed by atoms with Crippen molar-refractivity contribution in [2.75, 3.05) is 12.3 Å². The predicted octanol–water partition coefficient (Wildman–Crippen LogP) is 3.53. The van der Waals surface area contributed by atoms with Crippen molar-refractivity contribution in [2.24, 2.45) is 5.92 Å². The van der Waals surface area contributed by atoms with E-state index in [-0.39, 0.29) is 11.4 Å². The first kappa shape index (κ1) is 13.6. The van der Waals surface area contributed by atoms with Crippen LogP contribution in [0.25, 0.3) is 0 Å². The van der Waals surface area contributed by atoms with E-state index in [1.807, 2.05) is 0 Å². The molecule has 5 nitrogen and oxygen atoms in total. The maximum Gasteiger partial charge on any atom is 0.295 e. The van der Waals surface area contributed by atoms with E-state index < -0.39 is 4.92 Å². The van der Waals surface area contributed by atoms with Gasteiger partial charge in [0.05, 0.1) is 11.5 Å². The SMILES string of the molecule is Nc1c(OCCC2CCCCC2)cccc1[N+](=O)[O-]. The number of nitrogen functional groups attached to an aromatic ring is 1. The van der Waals surface area contributed by atoms with Gasteiger partial charge < -0.3 is 10.5 Å². The van der Waals surface area contributed by atoms with Crippen molar-refractivity contribution in [2.45, 2.75) is 38.5 Å². The molecule has 19 heavy (non-hydrogen) atoms. The normalized spacial score (nSPS) is 16.2. The molecule has 5 heteroatoms. The van der Waals surface area contributed by atoms with Crippen LogP contribution in [0.3, 0.4) is 0 Å². The highest BCUT2D eigenvalue weighted by Crippen LogP contribution is 2.32. The molecule has 0 amide bonds. The van der Waals surface area contributed by atoms with Crippen molar-refractivity contribution in [1.29, 1.82) is 0 Å². The molecule has 1 fully saturated rings. The molecule has 0 unspecified atom stereocenters. The van der Waals surface area contributed by atoms with E-state index in [2.05, 4.69) is 0 Å². The molecular weight excluding hydrogens is 244 g/mol. The number of ether oxygens (including phenoxy) is 1. The summed E-state index contributed by atoms with van der Waals surface area (Å²) in [6.07, 6.45) is 7.51. The zero-order chi connectivity index (χ0) is 13.7. The molecule has 0 radical (unpaired) electrons. The molecule has 2 N–H and O–H groups in total. The molecular formula is C14H20N2O3. The van der Waals surface area contributed by atoms with Crippen LogP contribution in [-0.4, -0.2) is 11.5 Å². The van der Waals surface area contributed by atoms with Gasteiger partial charge in [-0.3, -0.25) is 10.1 Å². The molecule has 2 rings (SSSR count). The Labute approximate surface area is 112 Å². The third-order valence-electron chi connectivity index (χ3n) is 3.75. The van der Waals surface area contributed by atoms with Crippen LogP contribution in [-0.2, 0) is 0 Å². The summed E-state index contributed by atoms with van der Waals surface area (Å²) in [6, 6.07) is 4.68. The van der Waals surface area contributed by atoms with Gasteiger partial charge >= 0.3 is 0 Å². The fraction of sp³-hybridized carbons (Fsp3) is 0.571. The minimum Gasteiger partial charge on any atom is -0.491 e. The Hall–Kier alpha value is -1.78. The molecule has 104 valence electrons. The Kier molecular flexibility index (Phi) is 4.60. The Morgan fingerprint density at radius 1 is 1.32 bits per heavy atom. The Morgan fingerprint density at radius 3 is 2.74 bits per heavy atom. The fourth-order valence-electron chi connectivity index (χ4n) is 2.63. The molecule has 1 aliphatic carbocycles. The quantitative estimate of drug-likeness (QED) is 0.501. The van der Waals surface area contributed by atoms with Gasteiger partial charge in [0.25, 0.3) is 5.69 Å². The largest absolute Gasteiger partial charge is 0.491 e. The standard InChI is InChI=1S/C14H20N2O3/c15-14-12(16(17)18)7-4-8-13(14)19-10-9-11-5-2-1-3-6-11/h4,7-8,11H,1-3,5-6,9-10,15H2. The Morgan fingerprint density at radius 2 is 2.05 bits per heavy atom. The van der Waals surface area contributed by atoms with Crippen LogP contribution < -0.4 is 10.5 Å². The van der Waals surface area contributed by atoms with Crippen LogP contribution in [0, 0.1) is 16.0 Å². The number of hydrogen-bond acceptors (Lipinski definition) is 4. The summed E-state index contributed by atoms with van der Waals surface area (Å²) < 4.78 is 5.60. The van der Waals surface area contributed by atoms with Gasteiger partial charge in [-0.1, -0.05) is 38.2 Å². The highest BCUT2D eigenvalue weighted by molar-refractivity contribution is 5.66. The van der Waals surface area contributed by atoms with Gasteiger partial charge in [0.15, 0.2) is 5.69 Å². The van der Waals surface area contributed by atoms with Crippen LogP contribution in [0.4, 0.5) is 11.4 Å². The first-order valence-corrected chi connectivity index (χ1v) is 6.84. The number of hydrogen-bond donors (Lipinski definition) is 1. The monoisotopic (exact) mass is 264 g/mol. The summed E-state index contributed by atoms with van der Waals surface area (Å²) in [4.78, 5) is 10.3. The second kappa shape index (κ2) is 6.41. The molecule has 0 saturated heterocycles. The maximum absolute atomic E-state index is 10.8. The lowest BCUT2D eigenvalue weighted by molar-refractivity contribution is -0.384. The van der Waals surface area contributed by atoms with Gasteiger partial charge in [-0.2, -0.15) is 0 Å². The number of nitrogens with zero attached hydrogens (tertiary/aromatic N) is 1. The van der Waals surface area contributed by atoms with Gasteiger partial charge in [-0.15, -0.1) is 0 Å². The van der Waals surface area contributed by atoms with Crippen molar-refractivity contribution in [1.82, 2.24) is 0 Å². The van der Waals surface area contributed by atoms with E-state index in [0.29, 0.717) is 12.4 Å². The van der Waals surface area contributed by atoms with E-state index in [1.165, 1.54) is 38.2 Å². The van der Waals surface area contributed by atoms with Crippen LogP contribution in [0.15, 0.2) is 18.2 Å². The summed E-state index contributed by atoms with van der Waals surface area (Å²) >= 11 is 0. The smallest absolute Gasteiger partial charge is 0.295 e. The van der Waals surface area contributed by atoms with Crippen LogP contribution in [0.2, 0.25) is 0 Å². The minimum absolute atomic E-state index is 0.0878. The lowest BCUT2D eigenvalue weighted by atomic mass is 9.87. The van der Waals surface area contributed by atoms with E-state index >= 15 is 0 Å². The second-order valence-electron chi connectivity index (χ2n) is 5.09. The lowest BCUT2D eigenvalue weighted by Crippen LogP contribution is -2.11. The van der Waals surface area contributed by atoms with E-state index in [4.69, 9.17) is 10.5 Å². The molecule has 0 atom stereocenters. The van der Waals surface area contributed by atoms with Crippen LogP contribution >= 0.6 is 0 Å². The summed E-state index contributed by atoms with van der Waals surface area (Å²) in [6.45, 7) is 0.579. The number of para-hydroxylation sites is 1. The van der Waals surface area contributed by atoms with E-state index in [1.54, 1.807) is 12.1 Å². The van der Waals surface area contributed by atoms with Gasteiger partial charge in [0.2, 0.25) is 0 Å². The number of benzene rings is 1. The van der Waals surface area contributed by atoms with Crippen LogP contribution in [0.5, 0.6) is 5.75 Å². The highest BCUT2D eigenvalue weighted by atomic mass is 16.6. The minimum atomic E-state index is -0.483. The van der Waals surface area contributed by atoms with Crippen molar-refractivity contribution in [3.63, 3.8) is 0 Å². The van der Waals surface area contributed by atoms with Gasteiger partial charge in [0, 0.05) is 6.07 Å². The third kappa shape index (κ3) is 3.59. The molecule has 1 aromatic rings. The molecule has 1 saturated carbocycles. The number of nitrogens with two attached hydrogens (primary N) is 1. The topological polar surface area (TPSA) is 78.4 Å². The molecule has 0 heterocycles. The molecule has 0 aromatic heterocycles. The Bertz CT molecular complexity index is 442. The van der Waals surface area contributed by atoms with Crippen molar-refractivity contribution >= 4 is 11.4 Å². The van der Waals surface area contributed by atoms with Crippen molar-refractivity contribution < 1.29 is 9.66 Å². The summed E-state index contributed by atoms with van der Waals surface area (Å²) in [5, 5.41) is 10.8. The fourth-order valence-corrected chi connectivity index (χ4v) is 2.63. The molecule has 1 aromatic carbocycles. The summed E-state index contributed by atoms with van der Waals surface area (Å²) in [5.41, 5.74) is 5.77. The number of nitro benzene ring substituents is 1. The van der Waals surface area contributed by atoms with Gasteiger partial charge in [-0.25, -0.2) is 0 Å². The molecule has 0 bridgehead atoms. The third-order valence-corrected chi connectivity index (χ3v) is 3.75. The predicted molar refractivity (Wildman–Crippen MR) is 74.2 cm³/mol. The average Bonchev–Trinajstić information content (AvgIpc) is 2.41. The summed E-state index contributed by atoms with van der Waals surface area (Å²) in [5.74, 6) is 1.15. The maximum atomic E-state index is 10.8. The van der Waals surface area contributed by atoms with Gasteiger partial charge in [0.1, 0.15) is 5.75 Å². The first-order valence-electron chi connectivity index (χ1n) is 6.84. The number of anilines is 1. The zero-order valence-corrected chi connectivity index (χ0v) is 11.0. The van der Waals surface area contributed by atoms with E-state index in [9.17, 15) is 10.1 Å². The van der Waals surface area contributed by atoms with E-state index in [0.717, 1.165) is 12.3 Å². The summed E-state index contributed by atoms with van der Waals surface area (Å²) in [7, 11) is 0.